The van der Waals surface area contributed by atoms with Crippen LogP contribution in [0, 0.1) is 12.7 Å². The van der Waals surface area contributed by atoms with Crippen molar-refractivity contribution in [3.05, 3.63) is 58.4 Å². The van der Waals surface area contributed by atoms with Gasteiger partial charge in [0.25, 0.3) is 0 Å². The number of nitrogens with two attached hydrogens (primary N) is 1. The summed E-state index contributed by atoms with van der Waals surface area (Å²) in [6.45, 7) is 1.69. The lowest BCUT2D eigenvalue weighted by molar-refractivity contribution is 0.305. The lowest BCUT2D eigenvalue weighted by Gasteiger charge is -2.10. The highest BCUT2D eigenvalue weighted by atomic mass is 35.5. The Morgan fingerprint density at radius 3 is 2.57 bits per heavy atom. The highest BCUT2D eigenvalue weighted by Crippen LogP contribution is 2.23. The van der Waals surface area contributed by atoms with E-state index in [1.807, 2.05) is 0 Å². The highest BCUT2D eigenvalue weighted by molar-refractivity contribution is 7.89. The van der Waals surface area contributed by atoms with Gasteiger partial charge < -0.3 is 4.74 Å². The second-order valence-corrected chi connectivity index (χ2v) is 6.43. The Bertz CT molecular complexity index is 778. The van der Waals surface area contributed by atoms with E-state index < -0.39 is 15.8 Å². The molecule has 0 amide bonds. The van der Waals surface area contributed by atoms with E-state index >= 15 is 0 Å². The number of halogens is 2. The first kappa shape index (κ1) is 15.8. The van der Waals surface area contributed by atoms with E-state index in [0.717, 1.165) is 0 Å². The van der Waals surface area contributed by atoms with Gasteiger partial charge in [0.2, 0.25) is 10.0 Å². The van der Waals surface area contributed by atoms with Crippen molar-refractivity contribution in [1.29, 1.82) is 0 Å². The van der Waals surface area contributed by atoms with Gasteiger partial charge in [-0.2, -0.15) is 0 Å². The fourth-order valence-electron chi connectivity index (χ4n) is 1.85. The summed E-state index contributed by atoms with van der Waals surface area (Å²) in [6.07, 6.45) is 0. The number of benzene rings is 2. The standard InChI is InChI=1S/C14H13ClFNO3S/c1-9-6-12(3-5-14(9)21(17,18)19)20-8-10-7-11(16)2-4-13(10)15/h2-7H,8H2,1H3,(H2,17,18,19). The number of hydrogen-bond donors (Lipinski definition) is 1. The van der Waals surface area contributed by atoms with Crippen LogP contribution >= 0.6 is 11.6 Å². The number of aryl methyl sites for hydroxylation is 1. The molecule has 0 aliphatic heterocycles. The summed E-state index contributed by atoms with van der Waals surface area (Å²) < 4.78 is 41.2. The van der Waals surface area contributed by atoms with Crippen molar-refractivity contribution in [2.45, 2.75) is 18.4 Å². The van der Waals surface area contributed by atoms with E-state index in [-0.39, 0.29) is 11.5 Å². The van der Waals surface area contributed by atoms with Gasteiger partial charge in [0.1, 0.15) is 18.2 Å². The van der Waals surface area contributed by atoms with E-state index in [1.165, 1.54) is 30.3 Å². The molecule has 0 spiro atoms. The van der Waals surface area contributed by atoms with Crippen molar-refractivity contribution >= 4 is 21.6 Å². The Morgan fingerprint density at radius 1 is 1.24 bits per heavy atom. The van der Waals surface area contributed by atoms with Gasteiger partial charge in [-0.25, -0.2) is 17.9 Å². The fraction of sp³-hybridized carbons (Fsp3) is 0.143. The van der Waals surface area contributed by atoms with E-state index in [9.17, 15) is 12.8 Å². The van der Waals surface area contributed by atoms with Gasteiger partial charge in [-0.3, -0.25) is 0 Å². The Hall–Kier alpha value is -1.63. The molecule has 0 aliphatic rings. The van der Waals surface area contributed by atoms with Gasteiger partial charge in [-0.05, 0) is 48.9 Å². The van der Waals surface area contributed by atoms with E-state index in [2.05, 4.69) is 0 Å². The molecule has 112 valence electrons. The van der Waals surface area contributed by atoms with E-state index in [4.69, 9.17) is 21.5 Å². The second-order valence-electron chi connectivity index (χ2n) is 4.50. The number of primary sulfonamides is 1. The molecule has 0 heterocycles. The lowest BCUT2D eigenvalue weighted by atomic mass is 10.2. The van der Waals surface area contributed by atoms with Crippen molar-refractivity contribution in [1.82, 2.24) is 0 Å². The number of rotatable bonds is 4. The van der Waals surface area contributed by atoms with Crippen LogP contribution in [0.5, 0.6) is 5.75 Å². The smallest absolute Gasteiger partial charge is 0.238 e. The maximum absolute atomic E-state index is 13.1. The minimum Gasteiger partial charge on any atom is -0.489 e. The maximum Gasteiger partial charge on any atom is 0.238 e. The van der Waals surface area contributed by atoms with E-state index in [1.54, 1.807) is 13.0 Å². The molecule has 2 aromatic carbocycles. The predicted molar refractivity (Wildman–Crippen MR) is 78.3 cm³/mol. The molecule has 2 N–H and O–H groups in total. The fourth-order valence-corrected chi connectivity index (χ4v) is 2.78. The van der Waals surface area contributed by atoms with Crippen molar-refractivity contribution < 1.29 is 17.5 Å². The highest BCUT2D eigenvalue weighted by Gasteiger charge is 2.12. The largest absolute Gasteiger partial charge is 0.489 e. The molecule has 0 bridgehead atoms. The third-order valence-corrected chi connectivity index (χ3v) is 4.29. The van der Waals surface area contributed by atoms with Crippen LogP contribution in [-0.4, -0.2) is 8.42 Å². The minimum atomic E-state index is -3.76. The SMILES string of the molecule is Cc1cc(OCc2cc(F)ccc2Cl)ccc1S(N)(=O)=O. The van der Waals surface area contributed by atoms with Crippen molar-refractivity contribution in [2.24, 2.45) is 5.14 Å². The van der Waals surface area contributed by atoms with Crippen LogP contribution in [0.2, 0.25) is 5.02 Å². The molecule has 7 heteroatoms. The molecule has 4 nitrogen and oxygen atoms in total. The third kappa shape index (κ3) is 3.93. The molecule has 0 radical (unpaired) electrons. The predicted octanol–water partition coefficient (Wildman–Crippen LogP) is 3.01. The Labute approximate surface area is 127 Å². The minimum absolute atomic E-state index is 0.0404. The molecular formula is C14H13ClFNO3S. The van der Waals surface area contributed by atoms with Crippen LogP contribution in [0.15, 0.2) is 41.3 Å². The van der Waals surface area contributed by atoms with Crippen LogP contribution in [0.1, 0.15) is 11.1 Å². The number of ether oxygens (including phenoxy) is 1. The van der Waals surface area contributed by atoms with Gasteiger partial charge in [0.15, 0.2) is 0 Å². The molecule has 0 aromatic heterocycles. The van der Waals surface area contributed by atoms with Gasteiger partial charge >= 0.3 is 0 Å². The van der Waals surface area contributed by atoms with Crippen LogP contribution in [0.3, 0.4) is 0 Å². The van der Waals surface area contributed by atoms with Gasteiger partial charge in [-0.15, -0.1) is 0 Å². The number of hydrogen-bond acceptors (Lipinski definition) is 3. The zero-order valence-electron chi connectivity index (χ0n) is 11.1. The molecule has 2 aromatic rings. The van der Waals surface area contributed by atoms with Crippen molar-refractivity contribution in [3.63, 3.8) is 0 Å². The number of sulfonamides is 1. The average Bonchev–Trinajstić information content (AvgIpc) is 2.38. The quantitative estimate of drug-likeness (QED) is 0.937. The van der Waals surface area contributed by atoms with Gasteiger partial charge in [0, 0.05) is 10.6 Å². The lowest BCUT2D eigenvalue weighted by Crippen LogP contribution is -2.13. The summed E-state index contributed by atoms with van der Waals surface area (Å²) >= 11 is 5.94. The first-order valence-electron chi connectivity index (χ1n) is 5.97. The molecule has 2 rings (SSSR count). The summed E-state index contributed by atoms with van der Waals surface area (Å²) in [5, 5.41) is 5.48. The zero-order chi connectivity index (χ0) is 15.6. The molecule has 0 aliphatic carbocycles. The molecule has 21 heavy (non-hydrogen) atoms. The molecule has 0 saturated carbocycles. The van der Waals surface area contributed by atoms with E-state index in [0.29, 0.717) is 21.9 Å². The Balaban J connectivity index is 2.18. The maximum atomic E-state index is 13.1. The van der Waals surface area contributed by atoms with Crippen molar-refractivity contribution in [3.8, 4) is 5.75 Å². The third-order valence-electron chi connectivity index (χ3n) is 2.86. The van der Waals surface area contributed by atoms with Crippen LogP contribution in [-0.2, 0) is 16.6 Å². The first-order valence-corrected chi connectivity index (χ1v) is 7.90. The normalized spacial score (nSPS) is 11.4. The summed E-state index contributed by atoms with van der Waals surface area (Å²) in [5.74, 6) is 0.0407. The monoisotopic (exact) mass is 329 g/mol. The van der Waals surface area contributed by atoms with Crippen LogP contribution < -0.4 is 9.88 Å². The first-order chi connectivity index (χ1) is 9.77. The zero-order valence-corrected chi connectivity index (χ0v) is 12.7. The summed E-state index contributed by atoms with van der Waals surface area (Å²) in [7, 11) is -3.76. The van der Waals surface area contributed by atoms with Crippen LogP contribution in [0.4, 0.5) is 4.39 Å². The molecule has 0 atom stereocenters. The molecular weight excluding hydrogens is 317 g/mol. The molecule has 0 saturated heterocycles. The molecule has 0 fully saturated rings. The van der Waals surface area contributed by atoms with Gasteiger partial charge in [-0.1, -0.05) is 11.6 Å². The molecule has 0 unspecified atom stereocenters. The van der Waals surface area contributed by atoms with Crippen molar-refractivity contribution in [2.75, 3.05) is 0 Å². The summed E-state index contributed by atoms with van der Waals surface area (Å²) in [6, 6.07) is 8.40. The second kappa shape index (κ2) is 6.01. The van der Waals surface area contributed by atoms with Crippen LogP contribution in [0.25, 0.3) is 0 Å². The Morgan fingerprint density at radius 2 is 1.95 bits per heavy atom. The summed E-state index contributed by atoms with van der Waals surface area (Å²) in [4.78, 5) is 0.0404. The topological polar surface area (TPSA) is 69.4 Å². The average molecular weight is 330 g/mol. The summed E-state index contributed by atoms with van der Waals surface area (Å²) in [5.41, 5.74) is 0.977. The van der Waals surface area contributed by atoms with Gasteiger partial charge in [0.05, 0.1) is 4.90 Å². The Kier molecular flexibility index (Phi) is 4.51.